The zero-order valence-electron chi connectivity index (χ0n) is 17.2. The molecule has 1 N–H and O–H groups in total. The van der Waals surface area contributed by atoms with Crippen LogP contribution in [0.25, 0.3) is 5.69 Å². The average Bonchev–Trinajstić information content (AvgIpc) is 3.08. The van der Waals surface area contributed by atoms with Crippen molar-refractivity contribution in [2.45, 2.75) is 65.8 Å². The third-order valence-electron chi connectivity index (χ3n) is 5.69. The van der Waals surface area contributed by atoms with Crippen LogP contribution in [0.2, 0.25) is 5.02 Å². The predicted octanol–water partition coefficient (Wildman–Crippen LogP) is 5.36. The van der Waals surface area contributed by atoms with E-state index in [-0.39, 0.29) is 28.6 Å². The average molecular weight is 404 g/mol. The number of nitrogens with zero attached hydrogens (tertiary/aromatic N) is 3. The number of carbonyl (C=O) groups excluding carboxylic acids is 1. The molecular weight excluding hydrogens is 374 g/mol. The molecule has 0 bridgehead atoms. The summed E-state index contributed by atoms with van der Waals surface area (Å²) < 4.78 is 1.74. The number of hydrogen-bond donors (Lipinski definition) is 1. The van der Waals surface area contributed by atoms with E-state index in [1.54, 1.807) is 22.9 Å². The summed E-state index contributed by atoms with van der Waals surface area (Å²) in [4.78, 5) is 15.3. The lowest BCUT2D eigenvalue weighted by Crippen LogP contribution is -2.43. The monoisotopic (exact) mass is 403 g/mol. The van der Waals surface area contributed by atoms with Crippen molar-refractivity contribution in [1.29, 1.82) is 0 Å². The second-order valence-corrected chi connectivity index (χ2v) is 8.58. The first kappa shape index (κ1) is 20.7. The van der Waals surface area contributed by atoms with Gasteiger partial charge in [0, 0.05) is 23.7 Å². The van der Waals surface area contributed by atoms with Crippen molar-refractivity contribution < 1.29 is 9.90 Å². The Morgan fingerprint density at radius 2 is 2.00 bits per heavy atom. The molecule has 6 heteroatoms. The topological polar surface area (TPSA) is 58.4 Å². The zero-order valence-corrected chi connectivity index (χ0v) is 17.9. The van der Waals surface area contributed by atoms with Gasteiger partial charge in [0.05, 0.1) is 10.7 Å². The van der Waals surface area contributed by atoms with Crippen molar-refractivity contribution in [3.63, 3.8) is 0 Å². The normalized spacial score (nSPS) is 19.8. The van der Waals surface area contributed by atoms with E-state index in [1.807, 2.05) is 24.9 Å². The molecule has 0 atom stereocenters. The minimum absolute atomic E-state index is 0.0314. The molecule has 2 aromatic rings. The van der Waals surface area contributed by atoms with Gasteiger partial charge in [0.25, 0.3) is 0 Å². The van der Waals surface area contributed by atoms with Crippen LogP contribution >= 0.6 is 11.6 Å². The second kappa shape index (κ2) is 8.56. The quantitative estimate of drug-likeness (QED) is 0.730. The van der Waals surface area contributed by atoms with Gasteiger partial charge in [-0.2, -0.15) is 0 Å². The molecule has 1 fully saturated rings. The molecule has 1 amide bonds. The highest BCUT2D eigenvalue weighted by molar-refractivity contribution is 6.32. The Kier molecular flexibility index (Phi) is 6.33. The van der Waals surface area contributed by atoms with E-state index in [0.29, 0.717) is 5.92 Å². The van der Waals surface area contributed by atoms with Gasteiger partial charge in [-0.1, -0.05) is 25.4 Å². The molecule has 0 aliphatic heterocycles. The van der Waals surface area contributed by atoms with Gasteiger partial charge >= 0.3 is 0 Å². The number of phenolic OH excluding ortho intramolecular Hbond substituents is 1. The van der Waals surface area contributed by atoms with E-state index in [4.69, 9.17) is 16.7 Å². The second-order valence-electron chi connectivity index (χ2n) is 8.17. The summed E-state index contributed by atoms with van der Waals surface area (Å²) in [6, 6.07) is 5.03. The largest absolute Gasteiger partial charge is 0.506 e. The third-order valence-corrected chi connectivity index (χ3v) is 5.99. The van der Waals surface area contributed by atoms with Crippen LogP contribution in [-0.4, -0.2) is 26.8 Å². The number of hydrogen-bond acceptors (Lipinski definition) is 3. The molecule has 3 rings (SSSR count). The number of amides is 1. The number of benzene rings is 1. The molecule has 0 radical (unpaired) electrons. The van der Waals surface area contributed by atoms with Gasteiger partial charge < -0.3 is 5.11 Å². The fourth-order valence-corrected chi connectivity index (χ4v) is 4.11. The molecule has 1 heterocycles. The Bertz CT molecular complexity index is 838. The van der Waals surface area contributed by atoms with Crippen molar-refractivity contribution in [1.82, 2.24) is 9.78 Å². The van der Waals surface area contributed by atoms with Crippen LogP contribution in [0.15, 0.2) is 24.4 Å². The molecule has 1 aliphatic carbocycles. The number of aromatic nitrogens is 2. The van der Waals surface area contributed by atoms with Crippen molar-refractivity contribution in [3.8, 4) is 11.4 Å². The van der Waals surface area contributed by atoms with Gasteiger partial charge in [0.2, 0.25) is 5.91 Å². The maximum atomic E-state index is 13.4. The third kappa shape index (κ3) is 4.19. The molecule has 1 aromatic heterocycles. The van der Waals surface area contributed by atoms with Crippen molar-refractivity contribution in [2.24, 2.45) is 11.8 Å². The maximum Gasteiger partial charge on any atom is 0.231 e. The van der Waals surface area contributed by atoms with Crippen LogP contribution in [0.1, 0.15) is 58.9 Å². The van der Waals surface area contributed by atoms with Gasteiger partial charge in [0.15, 0.2) is 5.82 Å². The Morgan fingerprint density at radius 3 is 2.57 bits per heavy atom. The molecule has 1 saturated carbocycles. The van der Waals surface area contributed by atoms with Gasteiger partial charge in [-0.05, 0) is 70.1 Å². The van der Waals surface area contributed by atoms with Crippen molar-refractivity contribution in [2.75, 3.05) is 4.90 Å². The lowest BCUT2D eigenvalue weighted by atomic mass is 9.82. The van der Waals surface area contributed by atoms with Gasteiger partial charge in [-0.15, -0.1) is 5.10 Å². The molecule has 0 unspecified atom stereocenters. The minimum Gasteiger partial charge on any atom is -0.506 e. The van der Waals surface area contributed by atoms with Gasteiger partial charge in [0.1, 0.15) is 5.75 Å². The number of halogens is 1. The molecule has 1 aliphatic rings. The van der Waals surface area contributed by atoms with Crippen LogP contribution < -0.4 is 4.90 Å². The van der Waals surface area contributed by atoms with Crippen LogP contribution in [0.5, 0.6) is 5.75 Å². The zero-order chi connectivity index (χ0) is 20.4. The lowest BCUT2D eigenvalue weighted by Gasteiger charge is -2.32. The van der Waals surface area contributed by atoms with Crippen LogP contribution in [0.3, 0.4) is 0 Å². The van der Waals surface area contributed by atoms with E-state index in [1.165, 1.54) is 0 Å². The number of carbonyl (C=O) groups is 1. The van der Waals surface area contributed by atoms with E-state index >= 15 is 0 Å². The number of aryl methyl sites for hydroxylation is 1. The van der Waals surface area contributed by atoms with Crippen LogP contribution in [0, 0.1) is 11.8 Å². The first-order chi connectivity index (χ1) is 13.3. The van der Waals surface area contributed by atoms with Crippen LogP contribution in [0.4, 0.5) is 5.82 Å². The van der Waals surface area contributed by atoms with E-state index in [2.05, 4.69) is 13.8 Å². The Balaban J connectivity index is 1.95. The van der Waals surface area contributed by atoms with Crippen LogP contribution in [-0.2, 0) is 11.2 Å². The molecular formula is C22H30ClN3O2. The van der Waals surface area contributed by atoms with Gasteiger partial charge in [-0.3, -0.25) is 9.69 Å². The highest BCUT2D eigenvalue weighted by Gasteiger charge is 2.32. The number of aromatic hydroxyl groups is 1. The fraction of sp³-hybridized carbons (Fsp3) is 0.545. The number of phenols is 1. The maximum absolute atomic E-state index is 13.4. The SMILES string of the molecule is CCc1cn(-c2ccc(O)c(Cl)c2)nc1N(C(=O)C1CCC(C)CC1)C(C)C. The van der Waals surface area contributed by atoms with Crippen molar-refractivity contribution in [3.05, 3.63) is 35.0 Å². The predicted molar refractivity (Wildman–Crippen MR) is 113 cm³/mol. The van der Waals surface area contributed by atoms with E-state index in [9.17, 15) is 9.90 Å². The smallest absolute Gasteiger partial charge is 0.231 e. The van der Waals surface area contributed by atoms with E-state index in [0.717, 1.165) is 49.2 Å². The summed E-state index contributed by atoms with van der Waals surface area (Å²) in [5.74, 6) is 1.74. The summed E-state index contributed by atoms with van der Waals surface area (Å²) >= 11 is 6.07. The Hall–Kier alpha value is -2.01. The number of anilines is 1. The fourth-order valence-electron chi connectivity index (χ4n) is 3.93. The molecule has 0 saturated heterocycles. The first-order valence-electron chi connectivity index (χ1n) is 10.2. The summed E-state index contributed by atoms with van der Waals surface area (Å²) in [5, 5.41) is 14.7. The Morgan fingerprint density at radius 1 is 1.32 bits per heavy atom. The first-order valence-corrected chi connectivity index (χ1v) is 10.6. The molecule has 1 aromatic carbocycles. The highest BCUT2D eigenvalue weighted by atomic mass is 35.5. The van der Waals surface area contributed by atoms with E-state index < -0.39 is 0 Å². The number of rotatable bonds is 5. The standard InChI is InChI=1S/C22H30ClN3O2/c1-5-16-13-25(18-10-11-20(27)19(23)12-18)24-21(16)26(14(2)3)22(28)17-8-6-15(4)7-9-17/h10-15,17,27H,5-9H2,1-4H3. The summed E-state index contributed by atoms with van der Waals surface area (Å²) in [6.07, 6.45) is 6.87. The summed E-state index contributed by atoms with van der Waals surface area (Å²) in [5.41, 5.74) is 1.78. The highest BCUT2D eigenvalue weighted by Crippen LogP contribution is 2.33. The molecule has 152 valence electrons. The minimum atomic E-state index is 0.0314. The molecule has 28 heavy (non-hydrogen) atoms. The Labute approximate surface area is 172 Å². The molecule has 0 spiro atoms. The van der Waals surface area contributed by atoms with Crippen molar-refractivity contribution >= 4 is 23.3 Å². The lowest BCUT2D eigenvalue weighted by molar-refractivity contribution is -0.124. The summed E-state index contributed by atoms with van der Waals surface area (Å²) in [7, 11) is 0. The van der Waals surface area contributed by atoms with Gasteiger partial charge in [-0.25, -0.2) is 4.68 Å². The molecule has 5 nitrogen and oxygen atoms in total. The summed E-state index contributed by atoms with van der Waals surface area (Å²) in [6.45, 7) is 8.42.